The Kier molecular flexibility index (Phi) is 10.3. The number of halogens is 2. The smallest absolute Gasteiger partial charge is 0.263 e. The summed E-state index contributed by atoms with van der Waals surface area (Å²) in [5, 5.41) is 10.8. The number of amides is 2. The summed E-state index contributed by atoms with van der Waals surface area (Å²) in [6, 6.07) is 5.01. The zero-order valence-corrected chi connectivity index (χ0v) is 17.1. The number of anilines is 1. The number of carbonyl (C=O) groups is 2. The molecule has 0 aliphatic carbocycles. The van der Waals surface area contributed by atoms with E-state index in [9.17, 15) is 9.59 Å². The molecule has 0 spiro atoms. The minimum atomic E-state index is -0.254. The predicted octanol–water partition coefficient (Wildman–Crippen LogP) is 1.87. The molecule has 2 aromatic heterocycles. The van der Waals surface area contributed by atoms with E-state index in [-0.39, 0.29) is 36.6 Å². The molecule has 10 heteroatoms. The highest BCUT2D eigenvalue weighted by Crippen LogP contribution is 2.22. The molecule has 148 valence electrons. The lowest BCUT2D eigenvalue weighted by Crippen LogP contribution is -2.46. The van der Waals surface area contributed by atoms with Crippen molar-refractivity contribution in [1.29, 1.82) is 0 Å². The second-order valence-electron chi connectivity index (χ2n) is 5.70. The number of nitrogens with zero attached hydrogens (tertiary/aromatic N) is 2. The van der Waals surface area contributed by atoms with Crippen LogP contribution in [0.5, 0.6) is 0 Å². The van der Waals surface area contributed by atoms with Gasteiger partial charge in [-0.15, -0.1) is 36.2 Å². The van der Waals surface area contributed by atoms with E-state index in [1.807, 2.05) is 0 Å². The monoisotopic (exact) mass is 431 g/mol. The van der Waals surface area contributed by atoms with Crippen LogP contribution in [-0.2, 0) is 0 Å². The van der Waals surface area contributed by atoms with E-state index in [0.29, 0.717) is 22.7 Å². The fraction of sp³-hybridized carbons (Fsp3) is 0.353. The average Bonchev–Trinajstić information content (AvgIpc) is 3.11. The molecule has 3 rings (SSSR count). The molecule has 1 aliphatic rings. The molecule has 0 atom stereocenters. The molecule has 1 fully saturated rings. The van der Waals surface area contributed by atoms with E-state index >= 15 is 0 Å². The van der Waals surface area contributed by atoms with E-state index in [1.54, 1.807) is 36.0 Å². The normalized spacial score (nSPS) is 13.8. The van der Waals surface area contributed by atoms with Gasteiger partial charge in [-0.1, -0.05) is 0 Å². The fourth-order valence-electron chi connectivity index (χ4n) is 2.62. The molecule has 1 saturated heterocycles. The highest BCUT2D eigenvalue weighted by atomic mass is 35.5. The number of hydrogen-bond donors (Lipinski definition) is 3. The lowest BCUT2D eigenvalue weighted by atomic mass is 10.2. The minimum Gasteiger partial charge on any atom is -0.350 e. The zero-order chi connectivity index (χ0) is 17.5. The highest BCUT2D eigenvalue weighted by Gasteiger charge is 2.16. The van der Waals surface area contributed by atoms with E-state index < -0.39 is 0 Å². The van der Waals surface area contributed by atoms with Crippen LogP contribution in [0.25, 0.3) is 0 Å². The van der Waals surface area contributed by atoms with E-state index in [2.05, 4.69) is 25.8 Å². The highest BCUT2D eigenvalue weighted by molar-refractivity contribution is 7.12. The number of pyridine rings is 1. The topological polar surface area (TPSA) is 86.4 Å². The SMILES string of the molecule is Cl.Cl.O=C(Nc1ccsc1C(=O)NCCN1CCNCC1)c1ccncc1. The molecule has 3 N–H and O–H groups in total. The standard InChI is InChI=1S/C17H21N5O2S.2ClH/c23-16(13-1-4-18-5-2-13)21-14-3-12-25-15(14)17(24)20-8-11-22-9-6-19-7-10-22;;/h1-5,12,19H,6-11H2,(H,20,24)(H,21,23);2*1H. The Morgan fingerprint density at radius 2 is 1.81 bits per heavy atom. The Hall–Kier alpha value is -1.71. The number of thiophene rings is 1. The third-order valence-electron chi connectivity index (χ3n) is 3.99. The van der Waals surface area contributed by atoms with E-state index in [0.717, 1.165) is 32.7 Å². The first-order valence-corrected chi connectivity index (χ1v) is 9.12. The molecule has 0 saturated carbocycles. The number of nitrogens with one attached hydrogen (secondary N) is 3. The Labute approximate surface area is 174 Å². The summed E-state index contributed by atoms with van der Waals surface area (Å²) < 4.78 is 0. The van der Waals surface area contributed by atoms with Crippen LogP contribution in [-0.4, -0.2) is 61.0 Å². The van der Waals surface area contributed by atoms with Crippen LogP contribution in [0.1, 0.15) is 20.0 Å². The Bertz CT molecular complexity index is 723. The lowest BCUT2D eigenvalue weighted by molar-refractivity contribution is 0.0952. The second-order valence-corrected chi connectivity index (χ2v) is 6.62. The van der Waals surface area contributed by atoms with Gasteiger partial charge in [-0.25, -0.2) is 0 Å². The van der Waals surface area contributed by atoms with Crippen LogP contribution in [0.3, 0.4) is 0 Å². The van der Waals surface area contributed by atoms with Crippen molar-refractivity contribution >= 4 is 53.7 Å². The molecule has 0 bridgehead atoms. The van der Waals surface area contributed by atoms with Crippen LogP contribution in [0.15, 0.2) is 36.0 Å². The van der Waals surface area contributed by atoms with Crippen LogP contribution >= 0.6 is 36.2 Å². The molecule has 2 amide bonds. The van der Waals surface area contributed by atoms with Gasteiger partial charge in [0, 0.05) is 57.2 Å². The van der Waals surface area contributed by atoms with E-state index in [1.165, 1.54) is 11.3 Å². The van der Waals surface area contributed by atoms with Crippen LogP contribution in [0.4, 0.5) is 5.69 Å². The Morgan fingerprint density at radius 1 is 1.11 bits per heavy atom. The van der Waals surface area contributed by atoms with Gasteiger partial charge in [0.05, 0.1) is 5.69 Å². The van der Waals surface area contributed by atoms with Crippen molar-refractivity contribution in [2.75, 3.05) is 44.6 Å². The summed E-state index contributed by atoms with van der Waals surface area (Å²) in [5.74, 6) is -0.411. The summed E-state index contributed by atoms with van der Waals surface area (Å²) in [6.45, 7) is 5.41. The fourth-order valence-corrected chi connectivity index (χ4v) is 3.39. The van der Waals surface area contributed by atoms with Crippen LogP contribution in [0.2, 0.25) is 0 Å². The third kappa shape index (κ3) is 6.75. The molecular weight excluding hydrogens is 409 g/mol. The Balaban J connectivity index is 0.00000182. The number of hydrogen-bond acceptors (Lipinski definition) is 6. The van der Waals surface area contributed by atoms with Crippen molar-refractivity contribution in [3.8, 4) is 0 Å². The summed E-state index contributed by atoms with van der Waals surface area (Å²) in [7, 11) is 0. The first-order chi connectivity index (χ1) is 12.2. The number of carbonyl (C=O) groups excluding carboxylic acids is 2. The van der Waals surface area contributed by atoms with Crippen molar-refractivity contribution in [3.63, 3.8) is 0 Å². The van der Waals surface area contributed by atoms with Gasteiger partial charge in [-0.3, -0.25) is 19.5 Å². The lowest BCUT2D eigenvalue weighted by Gasteiger charge is -2.27. The number of piperazine rings is 1. The summed E-state index contributed by atoms with van der Waals surface area (Å²) in [5.41, 5.74) is 1.04. The van der Waals surface area contributed by atoms with Crippen molar-refractivity contribution in [2.45, 2.75) is 0 Å². The molecule has 0 radical (unpaired) electrons. The van der Waals surface area contributed by atoms with Gasteiger partial charge >= 0.3 is 0 Å². The zero-order valence-electron chi connectivity index (χ0n) is 14.6. The van der Waals surface area contributed by atoms with Crippen molar-refractivity contribution in [1.82, 2.24) is 20.5 Å². The summed E-state index contributed by atoms with van der Waals surface area (Å²) in [6.07, 6.45) is 3.12. The van der Waals surface area contributed by atoms with Gasteiger partial charge in [0.1, 0.15) is 4.88 Å². The maximum Gasteiger partial charge on any atom is 0.263 e. The van der Waals surface area contributed by atoms with E-state index in [4.69, 9.17) is 0 Å². The minimum absolute atomic E-state index is 0. The maximum atomic E-state index is 12.4. The molecular formula is C17H23Cl2N5O2S. The molecule has 2 aromatic rings. The molecule has 7 nitrogen and oxygen atoms in total. The molecule has 3 heterocycles. The van der Waals surface area contributed by atoms with Crippen molar-refractivity contribution in [3.05, 3.63) is 46.4 Å². The van der Waals surface area contributed by atoms with Gasteiger partial charge in [0.15, 0.2) is 0 Å². The Morgan fingerprint density at radius 3 is 2.52 bits per heavy atom. The average molecular weight is 432 g/mol. The molecule has 0 aromatic carbocycles. The molecule has 27 heavy (non-hydrogen) atoms. The van der Waals surface area contributed by atoms with Crippen LogP contribution < -0.4 is 16.0 Å². The quantitative estimate of drug-likeness (QED) is 0.649. The van der Waals surface area contributed by atoms with Gasteiger partial charge in [-0.2, -0.15) is 0 Å². The van der Waals surface area contributed by atoms with Gasteiger partial charge < -0.3 is 16.0 Å². The first-order valence-electron chi connectivity index (χ1n) is 8.24. The van der Waals surface area contributed by atoms with Crippen molar-refractivity contribution < 1.29 is 9.59 Å². The maximum absolute atomic E-state index is 12.4. The molecule has 1 aliphatic heterocycles. The number of rotatable bonds is 6. The second kappa shape index (κ2) is 11.9. The van der Waals surface area contributed by atoms with Gasteiger partial charge in [-0.05, 0) is 23.6 Å². The van der Waals surface area contributed by atoms with Gasteiger partial charge in [0.2, 0.25) is 0 Å². The predicted molar refractivity (Wildman–Crippen MR) is 113 cm³/mol. The number of aromatic nitrogens is 1. The first kappa shape index (κ1) is 23.3. The molecule has 0 unspecified atom stereocenters. The van der Waals surface area contributed by atoms with Gasteiger partial charge in [0.25, 0.3) is 11.8 Å². The van der Waals surface area contributed by atoms with Crippen LogP contribution in [0, 0.1) is 0 Å². The van der Waals surface area contributed by atoms with Crippen molar-refractivity contribution in [2.24, 2.45) is 0 Å². The largest absolute Gasteiger partial charge is 0.350 e. The summed E-state index contributed by atoms with van der Waals surface area (Å²) >= 11 is 1.32. The third-order valence-corrected chi connectivity index (χ3v) is 4.90. The summed E-state index contributed by atoms with van der Waals surface area (Å²) in [4.78, 5) is 31.3.